The predicted octanol–water partition coefficient (Wildman–Crippen LogP) is 1.71. The van der Waals surface area contributed by atoms with E-state index in [4.69, 9.17) is 0 Å². The number of nitrogens with one attached hydrogen (secondary N) is 2. The van der Waals surface area contributed by atoms with Gasteiger partial charge in [0.1, 0.15) is 0 Å². The average Bonchev–Trinajstić information content (AvgIpc) is 2.88. The van der Waals surface area contributed by atoms with E-state index in [0.29, 0.717) is 6.04 Å². The highest BCUT2D eigenvalue weighted by Crippen LogP contribution is 2.26. The van der Waals surface area contributed by atoms with E-state index in [2.05, 4.69) is 28.8 Å². The summed E-state index contributed by atoms with van der Waals surface area (Å²) in [5.41, 5.74) is 4.02. The van der Waals surface area contributed by atoms with E-state index in [-0.39, 0.29) is 5.91 Å². The lowest BCUT2D eigenvalue weighted by Crippen LogP contribution is -2.44. The highest BCUT2D eigenvalue weighted by Gasteiger charge is 2.23. The van der Waals surface area contributed by atoms with Gasteiger partial charge in [-0.05, 0) is 30.0 Å². The Bertz CT molecular complexity index is 486. The number of amides is 1. The molecular weight excluding hydrogens is 238 g/mol. The van der Waals surface area contributed by atoms with Crippen LogP contribution in [0.15, 0.2) is 18.2 Å². The molecule has 1 amide bonds. The third kappa shape index (κ3) is 2.59. The smallest absolute Gasteiger partial charge is 0.219 e. The van der Waals surface area contributed by atoms with Gasteiger partial charge in [-0.15, -0.1) is 0 Å². The summed E-state index contributed by atoms with van der Waals surface area (Å²) in [6.07, 6.45) is 2.23. The minimum atomic E-state index is 0.187. The summed E-state index contributed by atoms with van der Waals surface area (Å²) in [5, 5.41) is 7.02. The third-order valence-corrected chi connectivity index (χ3v) is 4.12. The van der Waals surface area contributed by atoms with Gasteiger partial charge in [0.15, 0.2) is 0 Å². The first-order chi connectivity index (χ1) is 9.24. The molecule has 1 aromatic carbocycles. The predicted molar refractivity (Wildman–Crippen MR) is 75.9 cm³/mol. The zero-order chi connectivity index (χ0) is 13.2. The summed E-state index contributed by atoms with van der Waals surface area (Å²) in [7, 11) is 0. The van der Waals surface area contributed by atoms with Gasteiger partial charge in [-0.3, -0.25) is 4.79 Å². The molecule has 0 unspecified atom stereocenters. The number of benzene rings is 1. The largest absolute Gasteiger partial charge is 0.380 e. The molecule has 4 nitrogen and oxygen atoms in total. The summed E-state index contributed by atoms with van der Waals surface area (Å²) in [5.74, 6) is 0.187. The number of carbonyl (C=O) groups excluding carboxylic acids is 1. The van der Waals surface area contributed by atoms with Crippen molar-refractivity contribution in [3.8, 4) is 0 Å². The van der Waals surface area contributed by atoms with Gasteiger partial charge in [0, 0.05) is 44.8 Å². The zero-order valence-electron chi connectivity index (χ0n) is 11.4. The molecule has 102 valence electrons. The van der Waals surface area contributed by atoms with Crippen LogP contribution in [0.25, 0.3) is 0 Å². The molecule has 0 radical (unpaired) electrons. The van der Waals surface area contributed by atoms with E-state index in [1.54, 1.807) is 6.92 Å². The van der Waals surface area contributed by atoms with E-state index < -0.39 is 0 Å². The molecule has 2 heterocycles. The number of anilines is 1. The van der Waals surface area contributed by atoms with Crippen LogP contribution in [0.3, 0.4) is 0 Å². The van der Waals surface area contributed by atoms with Crippen molar-refractivity contribution in [1.29, 1.82) is 0 Å². The standard InChI is InChI=1S/C15H21N3O/c1-11(19)18-7-3-5-13(10-18)17-15-6-2-4-12-8-16-9-14(12)15/h2,4,6,13,16-17H,3,5,7-10H2,1H3/t13-/m0/s1. The van der Waals surface area contributed by atoms with E-state index in [1.165, 1.54) is 16.8 Å². The molecule has 4 heteroatoms. The van der Waals surface area contributed by atoms with Crippen LogP contribution in [0.1, 0.15) is 30.9 Å². The van der Waals surface area contributed by atoms with Gasteiger partial charge in [0.05, 0.1) is 0 Å². The fourth-order valence-corrected chi connectivity index (χ4v) is 3.07. The second-order valence-corrected chi connectivity index (χ2v) is 5.50. The van der Waals surface area contributed by atoms with Crippen LogP contribution in [0, 0.1) is 0 Å². The number of piperidine rings is 1. The minimum absolute atomic E-state index is 0.187. The minimum Gasteiger partial charge on any atom is -0.380 e. The van der Waals surface area contributed by atoms with Gasteiger partial charge in [0.2, 0.25) is 5.91 Å². The molecule has 1 aromatic rings. The van der Waals surface area contributed by atoms with Crippen molar-refractivity contribution in [2.75, 3.05) is 18.4 Å². The van der Waals surface area contributed by atoms with Crippen molar-refractivity contribution >= 4 is 11.6 Å². The van der Waals surface area contributed by atoms with Gasteiger partial charge in [-0.25, -0.2) is 0 Å². The molecule has 1 saturated heterocycles. The molecule has 0 saturated carbocycles. The molecule has 2 aliphatic rings. The Kier molecular flexibility index (Phi) is 3.42. The van der Waals surface area contributed by atoms with E-state index in [0.717, 1.165) is 39.0 Å². The van der Waals surface area contributed by atoms with Crippen LogP contribution in [0.2, 0.25) is 0 Å². The Labute approximate surface area is 114 Å². The fraction of sp³-hybridized carbons (Fsp3) is 0.533. The van der Waals surface area contributed by atoms with Gasteiger partial charge in [-0.2, -0.15) is 0 Å². The van der Waals surface area contributed by atoms with Crippen molar-refractivity contribution in [2.45, 2.75) is 38.9 Å². The van der Waals surface area contributed by atoms with Crippen LogP contribution in [-0.4, -0.2) is 29.9 Å². The first kappa shape index (κ1) is 12.5. The molecule has 2 aliphatic heterocycles. The Balaban J connectivity index is 1.71. The molecule has 3 rings (SSSR count). The Hall–Kier alpha value is -1.55. The third-order valence-electron chi connectivity index (χ3n) is 4.12. The van der Waals surface area contributed by atoms with Crippen LogP contribution in [0.5, 0.6) is 0 Å². The van der Waals surface area contributed by atoms with Crippen LogP contribution < -0.4 is 10.6 Å². The fourth-order valence-electron chi connectivity index (χ4n) is 3.07. The molecule has 0 spiro atoms. The average molecular weight is 259 g/mol. The van der Waals surface area contributed by atoms with Crippen molar-refractivity contribution in [3.63, 3.8) is 0 Å². The quantitative estimate of drug-likeness (QED) is 0.850. The molecule has 1 fully saturated rings. The molecule has 0 aliphatic carbocycles. The number of likely N-dealkylation sites (tertiary alicyclic amines) is 1. The molecule has 0 aromatic heterocycles. The Morgan fingerprint density at radius 3 is 3.16 bits per heavy atom. The van der Waals surface area contributed by atoms with Crippen molar-refractivity contribution < 1.29 is 4.79 Å². The maximum Gasteiger partial charge on any atom is 0.219 e. The maximum absolute atomic E-state index is 11.5. The van der Waals surface area contributed by atoms with Crippen molar-refractivity contribution in [2.24, 2.45) is 0 Å². The van der Waals surface area contributed by atoms with Crippen LogP contribution >= 0.6 is 0 Å². The second kappa shape index (κ2) is 5.21. The molecule has 0 bridgehead atoms. The lowest BCUT2D eigenvalue weighted by molar-refractivity contribution is -0.129. The Morgan fingerprint density at radius 2 is 2.32 bits per heavy atom. The molecule has 1 atom stereocenters. The number of fused-ring (bicyclic) bond motifs is 1. The van der Waals surface area contributed by atoms with E-state index >= 15 is 0 Å². The molecular formula is C15H21N3O. The normalized spacial score (nSPS) is 22.2. The summed E-state index contributed by atoms with van der Waals surface area (Å²) in [4.78, 5) is 13.4. The molecule has 19 heavy (non-hydrogen) atoms. The molecule has 2 N–H and O–H groups in total. The number of hydrogen-bond acceptors (Lipinski definition) is 3. The topological polar surface area (TPSA) is 44.4 Å². The number of rotatable bonds is 2. The number of hydrogen-bond donors (Lipinski definition) is 2. The van der Waals surface area contributed by atoms with E-state index in [1.807, 2.05) is 4.90 Å². The lowest BCUT2D eigenvalue weighted by atomic mass is 10.0. The SMILES string of the molecule is CC(=O)N1CCC[C@H](Nc2cccc3c2CNC3)C1. The summed E-state index contributed by atoms with van der Waals surface area (Å²) >= 11 is 0. The first-order valence-corrected chi connectivity index (χ1v) is 7.07. The van der Waals surface area contributed by atoms with Gasteiger partial charge in [0.25, 0.3) is 0 Å². The van der Waals surface area contributed by atoms with Crippen LogP contribution in [0.4, 0.5) is 5.69 Å². The highest BCUT2D eigenvalue weighted by molar-refractivity contribution is 5.73. The monoisotopic (exact) mass is 259 g/mol. The van der Waals surface area contributed by atoms with E-state index in [9.17, 15) is 4.79 Å². The van der Waals surface area contributed by atoms with Gasteiger partial charge < -0.3 is 15.5 Å². The van der Waals surface area contributed by atoms with Gasteiger partial charge >= 0.3 is 0 Å². The first-order valence-electron chi connectivity index (χ1n) is 7.07. The highest BCUT2D eigenvalue weighted by atomic mass is 16.2. The van der Waals surface area contributed by atoms with Crippen molar-refractivity contribution in [1.82, 2.24) is 10.2 Å². The number of carbonyl (C=O) groups is 1. The zero-order valence-corrected chi connectivity index (χ0v) is 11.4. The van der Waals surface area contributed by atoms with Gasteiger partial charge in [-0.1, -0.05) is 12.1 Å². The Morgan fingerprint density at radius 1 is 1.42 bits per heavy atom. The van der Waals surface area contributed by atoms with Crippen LogP contribution in [-0.2, 0) is 17.9 Å². The summed E-state index contributed by atoms with van der Waals surface area (Å²) in [6.45, 7) is 5.30. The lowest BCUT2D eigenvalue weighted by Gasteiger charge is -2.33. The van der Waals surface area contributed by atoms with Crippen molar-refractivity contribution in [3.05, 3.63) is 29.3 Å². The maximum atomic E-state index is 11.5. The second-order valence-electron chi connectivity index (χ2n) is 5.50. The number of nitrogens with zero attached hydrogens (tertiary/aromatic N) is 1. The summed E-state index contributed by atoms with van der Waals surface area (Å²) in [6, 6.07) is 6.83. The summed E-state index contributed by atoms with van der Waals surface area (Å²) < 4.78 is 0.